The van der Waals surface area contributed by atoms with Crippen LogP contribution >= 0.6 is 0 Å². The predicted molar refractivity (Wildman–Crippen MR) is 145 cm³/mol. The molecule has 0 aromatic heterocycles. The van der Waals surface area contributed by atoms with Crippen molar-refractivity contribution in [3.8, 4) is 11.5 Å². The highest BCUT2D eigenvalue weighted by atomic mass is 16.6. The Kier molecular flexibility index (Phi) is 12.2. The van der Waals surface area contributed by atoms with Crippen LogP contribution in [0, 0.1) is 23.7 Å². The SMILES string of the molecule is C=CC(=O)OCCCCOC(=O)c1ccc(OC(=O)C2CCCC(C3CCC(CC)CC3)CC2)c(OC)c1. The second kappa shape index (κ2) is 15.6. The Hall–Kier alpha value is -2.83. The summed E-state index contributed by atoms with van der Waals surface area (Å²) < 4.78 is 21.4. The number of rotatable bonds is 12. The van der Waals surface area contributed by atoms with Gasteiger partial charge in [0.05, 0.1) is 31.8 Å². The lowest BCUT2D eigenvalue weighted by Crippen LogP contribution is -2.22. The van der Waals surface area contributed by atoms with Gasteiger partial charge in [-0.15, -0.1) is 0 Å². The number of methoxy groups -OCH3 is 1. The van der Waals surface area contributed by atoms with Crippen LogP contribution in [0.4, 0.5) is 0 Å². The van der Waals surface area contributed by atoms with Gasteiger partial charge in [-0.3, -0.25) is 4.79 Å². The van der Waals surface area contributed by atoms with Crippen molar-refractivity contribution in [2.45, 2.75) is 84.0 Å². The number of carbonyl (C=O) groups excluding carboxylic acids is 3. The van der Waals surface area contributed by atoms with Crippen molar-refractivity contribution in [2.24, 2.45) is 23.7 Å². The molecule has 0 spiro atoms. The number of esters is 3. The zero-order valence-electron chi connectivity index (χ0n) is 23.1. The number of hydrogen-bond donors (Lipinski definition) is 0. The fourth-order valence-electron chi connectivity index (χ4n) is 5.86. The standard InChI is InChI=1S/C31H44O7/c1-4-22-11-13-24(14-12-22)23-9-8-10-25(16-15-23)31(34)38-27-18-17-26(21-28(27)35-3)30(33)37-20-7-6-19-36-29(32)5-2/h5,17-18,21-25H,2,4,6-16,19-20H2,1,3H3. The third-order valence-electron chi connectivity index (χ3n) is 8.27. The van der Waals surface area contributed by atoms with E-state index in [9.17, 15) is 14.4 Å². The molecular weight excluding hydrogens is 484 g/mol. The van der Waals surface area contributed by atoms with Gasteiger partial charge in [-0.1, -0.05) is 45.6 Å². The fourth-order valence-corrected chi connectivity index (χ4v) is 5.86. The van der Waals surface area contributed by atoms with E-state index in [2.05, 4.69) is 13.5 Å². The minimum Gasteiger partial charge on any atom is -0.493 e. The Morgan fingerprint density at radius 3 is 2.26 bits per heavy atom. The molecule has 1 aromatic carbocycles. The Bertz CT molecular complexity index is 932. The van der Waals surface area contributed by atoms with Gasteiger partial charge in [0.25, 0.3) is 0 Å². The lowest BCUT2D eigenvalue weighted by atomic mass is 9.73. The topological polar surface area (TPSA) is 88.1 Å². The number of ether oxygens (including phenoxy) is 4. The molecule has 2 saturated carbocycles. The van der Waals surface area contributed by atoms with E-state index in [1.54, 1.807) is 12.1 Å². The van der Waals surface area contributed by atoms with Crippen LogP contribution in [0.2, 0.25) is 0 Å². The van der Waals surface area contributed by atoms with Gasteiger partial charge in [0, 0.05) is 6.08 Å². The summed E-state index contributed by atoms with van der Waals surface area (Å²) in [6.07, 6.45) is 14.1. The van der Waals surface area contributed by atoms with E-state index in [0.29, 0.717) is 29.9 Å². The first-order valence-electron chi connectivity index (χ1n) is 14.3. The van der Waals surface area contributed by atoms with Gasteiger partial charge in [-0.2, -0.15) is 0 Å². The Morgan fingerprint density at radius 2 is 1.58 bits per heavy atom. The molecule has 38 heavy (non-hydrogen) atoms. The van der Waals surface area contributed by atoms with Crippen molar-refractivity contribution in [2.75, 3.05) is 20.3 Å². The summed E-state index contributed by atoms with van der Waals surface area (Å²) in [5.74, 6) is 1.80. The van der Waals surface area contributed by atoms with Crippen LogP contribution in [0.1, 0.15) is 94.3 Å². The summed E-state index contributed by atoms with van der Waals surface area (Å²) in [6.45, 7) is 6.09. The normalized spacial score (nSPS) is 23.5. The molecule has 210 valence electrons. The van der Waals surface area contributed by atoms with Crippen molar-refractivity contribution in [3.63, 3.8) is 0 Å². The molecule has 2 aliphatic rings. The van der Waals surface area contributed by atoms with E-state index in [1.165, 1.54) is 51.7 Å². The molecule has 1 aromatic rings. The molecule has 0 bridgehead atoms. The quantitative estimate of drug-likeness (QED) is 0.0983. The molecule has 2 aliphatic carbocycles. The molecule has 7 heteroatoms. The van der Waals surface area contributed by atoms with Gasteiger partial charge in [0.15, 0.2) is 11.5 Å². The predicted octanol–water partition coefficient (Wildman–Crippen LogP) is 6.68. The lowest BCUT2D eigenvalue weighted by molar-refractivity contribution is -0.139. The van der Waals surface area contributed by atoms with Gasteiger partial charge in [-0.25, -0.2) is 9.59 Å². The molecule has 0 heterocycles. The van der Waals surface area contributed by atoms with E-state index in [-0.39, 0.29) is 25.1 Å². The average Bonchev–Trinajstić information content (AvgIpc) is 3.21. The van der Waals surface area contributed by atoms with Crippen LogP contribution in [0.25, 0.3) is 0 Å². The number of hydrogen-bond acceptors (Lipinski definition) is 7. The highest BCUT2D eigenvalue weighted by Gasteiger charge is 2.32. The first-order valence-corrected chi connectivity index (χ1v) is 14.3. The fraction of sp³-hybridized carbons (Fsp3) is 0.645. The summed E-state index contributed by atoms with van der Waals surface area (Å²) in [6, 6.07) is 4.70. The number of unbranched alkanes of at least 4 members (excludes halogenated alkanes) is 1. The van der Waals surface area contributed by atoms with E-state index >= 15 is 0 Å². The van der Waals surface area contributed by atoms with Crippen molar-refractivity contribution in [1.29, 1.82) is 0 Å². The van der Waals surface area contributed by atoms with Crippen LogP contribution < -0.4 is 9.47 Å². The summed E-state index contributed by atoms with van der Waals surface area (Å²) in [4.78, 5) is 36.5. The third-order valence-corrected chi connectivity index (χ3v) is 8.27. The van der Waals surface area contributed by atoms with E-state index < -0.39 is 11.9 Å². The van der Waals surface area contributed by atoms with Crippen LogP contribution in [0.5, 0.6) is 11.5 Å². The Morgan fingerprint density at radius 1 is 0.895 bits per heavy atom. The van der Waals surface area contributed by atoms with Gasteiger partial charge >= 0.3 is 17.9 Å². The minimum absolute atomic E-state index is 0.105. The second-order valence-electron chi connectivity index (χ2n) is 10.7. The monoisotopic (exact) mass is 528 g/mol. The smallest absolute Gasteiger partial charge is 0.338 e. The Labute approximate surface area is 227 Å². The molecule has 2 unspecified atom stereocenters. The van der Waals surface area contributed by atoms with Crippen molar-refractivity contribution < 1.29 is 33.3 Å². The molecular formula is C31H44O7. The maximum Gasteiger partial charge on any atom is 0.338 e. The van der Waals surface area contributed by atoms with E-state index in [4.69, 9.17) is 18.9 Å². The molecule has 2 atom stereocenters. The van der Waals surface area contributed by atoms with Crippen LogP contribution in [0.15, 0.2) is 30.9 Å². The highest BCUT2D eigenvalue weighted by molar-refractivity contribution is 5.90. The number of benzene rings is 1. The largest absolute Gasteiger partial charge is 0.493 e. The molecule has 3 rings (SSSR count). The minimum atomic E-state index is -0.493. The van der Waals surface area contributed by atoms with Crippen LogP contribution in [-0.2, 0) is 19.1 Å². The molecule has 2 fully saturated rings. The summed E-state index contributed by atoms with van der Waals surface area (Å²) in [7, 11) is 1.48. The lowest BCUT2D eigenvalue weighted by Gasteiger charge is -2.33. The van der Waals surface area contributed by atoms with Gasteiger partial charge in [0.2, 0.25) is 0 Å². The zero-order chi connectivity index (χ0) is 27.3. The van der Waals surface area contributed by atoms with Gasteiger partial charge in [-0.05, 0) is 80.9 Å². The molecule has 0 radical (unpaired) electrons. The molecule has 0 saturated heterocycles. The average molecular weight is 529 g/mol. The van der Waals surface area contributed by atoms with E-state index in [0.717, 1.165) is 49.5 Å². The summed E-state index contributed by atoms with van der Waals surface area (Å²) >= 11 is 0. The van der Waals surface area contributed by atoms with Crippen molar-refractivity contribution in [3.05, 3.63) is 36.4 Å². The maximum absolute atomic E-state index is 13.1. The van der Waals surface area contributed by atoms with Crippen molar-refractivity contribution >= 4 is 17.9 Å². The second-order valence-corrected chi connectivity index (χ2v) is 10.7. The number of carbonyl (C=O) groups is 3. The van der Waals surface area contributed by atoms with E-state index in [1.807, 2.05) is 0 Å². The van der Waals surface area contributed by atoms with Crippen molar-refractivity contribution in [1.82, 2.24) is 0 Å². The summed E-state index contributed by atoms with van der Waals surface area (Å²) in [5, 5.41) is 0. The molecule has 0 amide bonds. The zero-order valence-corrected chi connectivity index (χ0v) is 23.1. The van der Waals surface area contributed by atoms with Crippen LogP contribution in [-0.4, -0.2) is 38.2 Å². The maximum atomic E-state index is 13.1. The van der Waals surface area contributed by atoms with Gasteiger partial charge < -0.3 is 18.9 Å². The van der Waals surface area contributed by atoms with Gasteiger partial charge in [0.1, 0.15) is 0 Å². The molecule has 0 N–H and O–H groups in total. The third kappa shape index (κ3) is 8.88. The first kappa shape index (κ1) is 29.7. The van der Waals surface area contributed by atoms with Crippen LogP contribution in [0.3, 0.4) is 0 Å². The first-order chi connectivity index (χ1) is 18.4. The summed E-state index contributed by atoms with van der Waals surface area (Å²) in [5.41, 5.74) is 0.315. The Balaban J connectivity index is 1.46. The molecule has 0 aliphatic heterocycles. The highest BCUT2D eigenvalue weighted by Crippen LogP contribution is 2.41. The molecule has 7 nitrogen and oxygen atoms in total.